The molecule has 1 heterocycles. The summed E-state index contributed by atoms with van der Waals surface area (Å²) in [5, 5.41) is 8.66. The molecular formula is C30H42N4O4. The second-order valence-electron chi connectivity index (χ2n) is 10.5. The summed E-state index contributed by atoms with van der Waals surface area (Å²) in [5.74, 6) is 1.83. The van der Waals surface area contributed by atoms with Crippen molar-refractivity contribution in [3.8, 4) is 22.9 Å². The van der Waals surface area contributed by atoms with Crippen LogP contribution in [0.3, 0.4) is 0 Å². The highest BCUT2D eigenvalue weighted by Gasteiger charge is 2.27. The molecule has 0 unspecified atom stereocenters. The number of aromatic nitrogens is 3. The summed E-state index contributed by atoms with van der Waals surface area (Å²) in [6, 6.07) is 11.6. The Balaban J connectivity index is 2.07. The molecule has 0 spiro atoms. The molecule has 8 heteroatoms. The highest BCUT2D eigenvalue weighted by atomic mass is 16.5. The van der Waals surface area contributed by atoms with E-state index in [1.807, 2.05) is 31.2 Å². The molecule has 0 bridgehead atoms. The largest absolute Gasteiger partial charge is 0.497 e. The first-order valence-corrected chi connectivity index (χ1v) is 13.4. The summed E-state index contributed by atoms with van der Waals surface area (Å²) >= 11 is 0. The van der Waals surface area contributed by atoms with Crippen molar-refractivity contribution >= 4 is 11.6 Å². The molecule has 3 aromatic rings. The average molecular weight is 523 g/mol. The number of anilines is 1. The number of nitrogens with zero attached hydrogens (tertiary/aromatic N) is 4. The number of rotatable bonds is 12. The van der Waals surface area contributed by atoms with Crippen molar-refractivity contribution in [2.24, 2.45) is 0 Å². The fourth-order valence-corrected chi connectivity index (χ4v) is 4.10. The van der Waals surface area contributed by atoms with Gasteiger partial charge in [-0.1, -0.05) is 52.7 Å². The van der Waals surface area contributed by atoms with Gasteiger partial charge in [0.15, 0.2) is 5.69 Å². The van der Waals surface area contributed by atoms with Crippen molar-refractivity contribution in [2.75, 3.05) is 32.3 Å². The van der Waals surface area contributed by atoms with Crippen LogP contribution in [-0.4, -0.2) is 48.3 Å². The molecule has 1 amide bonds. The average Bonchev–Trinajstić information content (AvgIpc) is 3.28. The number of methoxy groups -OCH3 is 2. The number of hydrogen-bond donors (Lipinski definition) is 0. The van der Waals surface area contributed by atoms with Gasteiger partial charge in [0.2, 0.25) is 0 Å². The summed E-state index contributed by atoms with van der Waals surface area (Å²) in [6.07, 6.45) is 3.84. The Morgan fingerprint density at radius 1 is 0.974 bits per heavy atom. The number of hydrogen-bond acceptors (Lipinski definition) is 6. The van der Waals surface area contributed by atoms with Gasteiger partial charge in [0.25, 0.3) is 5.91 Å². The first-order chi connectivity index (χ1) is 18.1. The highest BCUT2D eigenvalue weighted by Crippen LogP contribution is 2.33. The van der Waals surface area contributed by atoms with E-state index in [1.165, 1.54) is 0 Å². The topological polar surface area (TPSA) is 78.7 Å². The second kappa shape index (κ2) is 12.8. The molecule has 206 valence electrons. The number of amides is 1. The minimum atomic E-state index is -0.199. The van der Waals surface area contributed by atoms with Crippen molar-refractivity contribution in [1.29, 1.82) is 0 Å². The van der Waals surface area contributed by atoms with Crippen LogP contribution in [0.25, 0.3) is 5.69 Å². The lowest BCUT2D eigenvalue weighted by Crippen LogP contribution is -2.33. The van der Waals surface area contributed by atoms with Gasteiger partial charge in [-0.25, -0.2) is 4.68 Å². The van der Waals surface area contributed by atoms with Gasteiger partial charge in [0.1, 0.15) is 22.9 Å². The molecule has 8 nitrogen and oxygen atoms in total. The summed E-state index contributed by atoms with van der Waals surface area (Å²) in [4.78, 5) is 15.8. The van der Waals surface area contributed by atoms with E-state index in [4.69, 9.17) is 14.2 Å². The molecule has 0 aliphatic rings. The van der Waals surface area contributed by atoms with Crippen LogP contribution >= 0.6 is 0 Å². The molecule has 0 aliphatic carbocycles. The van der Waals surface area contributed by atoms with Crippen molar-refractivity contribution in [3.05, 3.63) is 53.3 Å². The van der Waals surface area contributed by atoms with Crippen molar-refractivity contribution in [1.82, 2.24) is 15.0 Å². The van der Waals surface area contributed by atoms with Gasteiger partial charge >= 0.3 is 0 Å². The van der Waals surface area contributed by atoms with Crippen LogP contribution in [0.5, 0.6) is 17.2 Å². The second-order valence-corrected chi connectivity index (χ2v) is 10.5. The Bertz CT molecular complexity index is 1230. The maximum absolute atomic E-state index is 14.0. The lowest BCUT2D eigenvalue weighted by Gasteiger charge is -2.27. The zero-order valence-electron chi connectivity index (χ0n) is 24.1. The minimum absolute atomic E-state index is 0.111. The van der Waals surface area contributed by atoms with Crippen LogP contribution in [0.2, 0.25) is 0 Å². The molecule has 38 heavy (non-hydrogen) atoms. The van der Waals surface area contributed by atoms with E-state index in [0.717, 1.165) is 42.7 Å². The van der Waals surface area contributed by atoms with Gasteiger partial charge in [-0.15, -0.1) is 5.10 Å². The lowest BCUT2D eigenvalue weighted by atomic mass is 9.86. The third kappa shape index (κ3) is 6.65. The monoisotopic (exact) mass is 522 g/mol. The van der Waals surface area contributed by atoms with Crippen molar-refractivity contribution in [3.63, 3.8) is 0 Å². The van der Waals surface area contributed by atoms with E-state index in [2.05, 4.69) is 57.1 Å². The van der Waals surface area contributed by atoms with Crippen molar-refractivity contribution < 1.29 is 19.0 Å². The summed E-state index contributed by atoms with van der Waals surface area (Å²) in [6.45, 7) is 13.8. The standard InChI is InChI=1S/C30H42N4O4/c1-9-11-15-33(23-17-22(30(4,5)6)18-25(19-23)38-16-12-10-2)29(35)28-21(3)34(32-31-28)26-20-24(36-7)13-14-27(26)37-8/h13-14,17-20H,9-12,15-16H2,1-8H3. The molecule has 0 atom stereocenters. The summed E-state index contributed by atoms with van der Waals surface area (Å²) in [5.41, 5.74) is 3.36. The molecule has 0 fully saturated rings. The molecule has 3 rings (SSSR count). The molecule has 1 aromatic heterocycles. The van der Waals surface area contributed by atoms with Gasteiger partial charge in [-0.05, 0) is 55.0 Å². The number of unbranched alkanes of at least 4 members (excludes halogenated alkanes) is 2. The van der Waals surface area contributed by atoms with Gasteiger partial charge in [-0.2, -0.15) is 0 Å². The van der Waals surface area contributed by atoms with E-state index in [-0.39, 0.29) is 11.3 Å². The van der Waals surface area contributed by atoms with Crippen LogP contribution < -0.4 is 19.1 Å². The van der Waals surface area contributed by atoms with E-state index in [1.54, 1.807) is 23.8 Å². The van der Waals surface area contributed by atoms with E-state index >= 15 is 0 Å². The first kappa shape index (κ1) is 29.0. The predicted molar refractivity (Wildman–Crippen MR) is 151 cm³/mol. The Morgan fingerprint density at radius 2 is 1.71 bits per heavy atom. The fraction of sp³-hybridized carbons (Fsp3) is 0.500. The number of carbonyl (C=O) groups excluding carboxylic acids is 1. The van der Waals surface area contributed by atoms with E-state index in [0.29, 0.717) is 41.7 Å². The zero-order valence-corrected chi connectivity index (χ0v) is 24.1. The predicted octanol–water partition coefficient (Wildman–Crippen LogP) is 6.52. The summed E-state index contributed by atoms with van der Waals surface area (Å²) in [7, 11) is 3.20. The van der Waals surface area contributed by atoms with E-state index in [9.17, 15) is 4.79 Å². The molecule has 0 radical (unpaired) electrons. The smallest absolute Gasteiger partial charge is 0.280 e. The Hall–Kier alpha value is -3.55. The zero-order chi connectivity index (χ0) is 27.9. The Morgan fingerprint density at radius 3 is 2.34 bits per heavy atom. The van der Waals surface area contributed by atoms with Gasteiger partial charge in [0.05, 0.1) is 26.5 Å². The molecule has 0 saturated carbocycles. The lowest BCUT2D eigenvalue weighted by molar-refractivity contribution is 0.0981. The maximum atomic E-state index is 14.0. The van der Waals surface area contributed by atoms with Crippen LogP contribution in [0.4, 0.5) is 5.69 Å². The van der Waals surface area contributed by atoms with E-state index < -0.39 is 0 Å². The van der Waals surface area contributed by atoms with Crippen LogP contribution in [-0.2, 0) is 5.41 Å². The minimum Gasteiger partial charge on any atom is -0.497 e. The van der Waals surface area contributed by atoms with Gasteiger partial charge < -0.3 is 19.1 Å². The molecule has 0 aliphatic heterocycles. The summed E-state index contributed by atoms with van der Waals surface area (Å²) < 4.78 is 18.7. The Kier molecular flexibility index (Phi) is 9.78. The molecular weight excluding hydrogens is 480 g/mol. The molecule has 2 aromatic carbocycles. The van der Waals surface area contributed by atoms with Gasteiger partial charge in [-0.3, -0.25) is 4.79 Å². The number of ether oxygens (including phenoxy) is 3. The quantitative estimate of drug-likeness (QED) is 0.252. The van der Waals surface area contributed by atoms with Gasteiger partial charge in [0, 0.05) is 24.4 Å². The maximum Gasteiger partial charge on any atom is 0.280 e. The normalized spacial score (nSPS) is 11.4. The third-order valence-corrected chi connectivity index (χ3v) is 6.53. The molecule has 0 saturated heterocycles. The van der Waals surface area contributed by atoms with Crippen molar-refractivity contribution in [2.45, 2.75) is 72.6 Å². The highest BCUT2D eigenvalue weighted by molar-refractivity contribution is 6.05. The van der Waals surface area contributed by atoms with Crippen LogP contribution in [0.15, 0.2) is 36.4 Å². The third-order valence-electron chi connectivity index (χ3n) is 6.53. The molecule has 0 N–H and O–H groups in total. The number of carbonyl (C=O) groups is 1. The number of benzene rings is 2. The van der Waals surface area contributed by atoms with Crippen LogP contribution in [0, 0.1) is 6.92 Å². The fourth-order valence-electron chi connectivity index (χ4n) is 4.10. The first-order valence-electron chi connectivity index (χ1n) is 13.4. The van der Waals surface area contributed by atoms with Crippen LogP contribution in [0.1, 0.15) is 82.0 Å². The SMILES string of the molecule is CCCCOc1cc(N(CCCC)C(=O)c2nnn(-c3cc(OC)ccc3OC)c2C)cc(C(C)(C)C)c1. The Labute approximate surface area is 226 Å².